The Morgan fingerprint density at radius 3 is 2.45 bits per heavy atom. The highest BCUT2D eigenvalue weighted by atomic mass is 79.9. The molecule has 1 aromatic heterocycles. The fourth-order valence-electron chi connectivity index (χ4n) is 6.88. The van der Waals surface area contributed by atoms with E-state index in [1.165, 1.54) is 19.2 Å². The summed E-state index contributed by atoms with van der Waals surface area (Å²) in [6, 6.07) is 23.3. The lowest BCUT2D eigenvalue weighted by molar-refractivity contribution is -0.896. The standard InChI is InChI=1S/C42H46BrN5O7/c1-25-32(23-36(54-4)41(39(25)43)44-24-35(50)30-13-15-34(49)40-31(30)14-17-38(52)47-40)45-37(51)16-11-26-10-12-29(27-8-6-5-7-9-27)33(22-26)46-42(53)55-28-18-20-48(2,3)21-19-28/h5-10,12-15,17,22-23,28,35,44,50H,11,16,18-21,24H2,1-4H3,(H3-,45,46,47,49,51,52,53)/p+1/t35-/m0/s1. The molecule has 0 radical (unpaired) electrons. The molecule has 0 aliphatic carbocycles. The van der Waals surface area contributed by atoms with Crippen LogP contribution in [0.5, 0.6) is 11.5 Å². The van der Waals surface area contributed by atoms with E-state index in [1.807, 2.05) is 55.5 Å². The SMILES string of the molecule is COc1cc(NC(=O)CCc2ccc(-c3ccccc3)c(NC(=O)OC3CC[N+](C)(C)CC3)c2)c(C)c(Br)c1NC[C@H](O)c1ccc(O)c2[nH]c(=O)ccc12. The van der Waals surface area contributed by atoms with Gasteiger partial charge < -0.3 is 39.8 Å². The molecular weight excluding hydrogens is 766 g/mol. The molecule has 5 aromatic rings. The van der Waals surface area contributed by atoms with Crippen LogP contribution in [-0.4, -0.2) is 78.6 Å². The monoisotopic (exact) mass is 812 g/mol. The lowest BCUT2D eigenvalue weighted by atomic mass is 9.99. The number of aliphatic hydroxyl groups excluding tert-OH is 1. The van der Waals surface area contributed by atoms with Gasteiger partial charge in [0.25, 0.3) is 0 Å². The van der Waals surface area contributed by atoms with Crippen LogP contribution < -0.4 is 26.2 Å². The predicted molar refractivity (Wildman–Crippen MR) is 219 cm³/mol. The summed E-state index contributed by atoms with van der Waals surface area (Å²) in [6.07, 6.45) is 0.619. The molecule has 1 saturated heterocycles. The van der Waals surface area contributed by atoms with E-state index in [2.05, 4.69) is 51.0 Å². The number of halogens is 1. The number of aromatic hydroxyl groups is 1. The predicted octanol–water partition coefficient (Wildman–Crippen LogP) is 7.48. The number of nitrogens with zero attached hydrogens (tertiary/aromatic N) is 1. The van der Waals surface area contributed by atoms with E-state index in [-0.39, 0.29) is 41.8 Å². The molecule has 0 unspecified atom stereocenters. The zero-order valence-corrected chi connectivity index (χ0v) is 33.0. The van der Waals surface area contributed by atoms with Gasteiger partial charge in [-0.1, -0.05) is 48.5 Å². The van der Waals surface area contributed by atoms with E-state index in [4.69, 9.17) is 9.47 Å². The molecule has 55 heavy (non-hydrogen) atoms. The summed E-state index contributed by atoms with van der Waals surface area (Å²) in [7, 11) is 5.89. The number of piperidine rings is 1. The van der Waals surface area contributed by atoms with Crippen LogP contribution in [0.15, 0.2) is 88.1 Å². The van der Waals surface area contributed by atoms with E-state index >= 15 is 0 Å². The van der Waals surface area contributed by atoms with Gasteiger partial charge in [0.2, 0.25) is 11.5 Å². The fourth-order valence-corrected chi connectivity index (χ4v) is 7.43. The lowest BCUT2D eigenvalue weighted by Gasteiger charge is -2.36. The van der Waals surface area contributed by atoms with E-state index < -0.39 is 12.2 Å². The molecule has 0 saturated carbocycles. The third-order valence-corrected chi connectivity index (χ3v) is 11.1. The first kappa shape index (κ1) is 39.3. The van der Waals surface area contributed by atoms with Crippen molar-refractivity contribution in [2.45, 2.75) is 44.8 Å². The number of aromatic nitrogens is 1. The first-order valence-corrected chi connectivity index (χ1v) is 19.0. The third-order valence-electron chi connectivity index (χ3n) is 10.1. The molecule has 2 heterocycles. The fraction of sp³-hybridized carbons (Fsp3) is 0.310. The highest BCUT2D eigenvalue weighted by molar-refractivity contribution is 9.10. The van der Waals surface area contributed by atoms with Crippen molar-refractivity contribution in [3.63, 3.8) is 0 Å². The van der Waals surface area contributed by atoms with Crippen molar-refractivity contribution in [3.8, 4) is 22.6 Å². The second-order valence-corrected chi connectivity index (χ2v) is 15.3. The number of amides is 2. The minimum absolute atomic E-state index is 0.0784. The molecule has 288 valence electrons. The molecule has 0 bridgehead atoms. The number of phenols is 1. The van der Waals surface area contributed by atoms with E-state index in [9.17, 15) is 24.6 Å². The summed E-state index contributed by atoms with van der Waals surface area (Å²) < 4.78 is 13.1. The van der Waals surface area contributed by atoms with Crippen molar-refractivity contribution in [3.05, 3.63) is 110 Å². The smallest absolute Gasteiger partial charge is 0.411 e. The molecular formula is C42H47BrN5O7+. The first-order valence-electron chi connectivity index (χ1n) is 18.2. The molecule has 4 aromatic carbocycles. The van der Waals surface area contributed by atoms with Crippen molar-refractivity contribution in [2.24, 2.45) is 0 Å². The van der Waals surface area contributed by atoms with Gasteiger partial charge in [-0.15, -0.1) is 0 Å². The van der Waals surface area contributed by atoms with Gasteiger partial charge >= 0.3 is 6.09 Å². The number of quaternary nitrogens is 1. The number of hydrogen-bond donors (Lipinski definition) is 6. The quantitative estimate of drug-likeness (QED) is 0.0707. The summed E-state index contributed by atoms with van der Waals surface area (Å²) in [5.41, 5.74) is 5.60. The average molecular weight is 814 g/mol. The Kier molecular flexibility index (Phi) is 12.1. The third kappa shape index (κ3) is 9.48. The summed E-state index contributed by atoms with van der Waals surface area (Å²) >= 11 is 3.65. The molecule has 13 heteroatoms. The van der Waals surface area contributed by atoms with Crippen LogP contribution in [0.4, 0.5) is 21.9 Å². The van der Waals surface area contributed by atoms with Crippen LogP contribution in [0, 0.1) is 6.92 Å². The number of pyridine rings is 1. The summed E-state index contributed by atoms with van der Waals surface area (Å²) in [5, 5.41) is 31.1. The number of nitrogens with one attached hydrogen (secondary N) is 4. The second-order valence-electron chi connectivity index (χ2n) is 14.5. The van der Waals surface area contributed by atoms with Crippen LogP contribution in [-0.2, 0) is 16.0 Å². The molecule has 1 aliphatic heterocycles. The number of benzene rings is 4. The number of aryl methyl sites for hydroxylation is 1. The van der Waals surface area contributed by atoms with Crippen LogP contribution in [0.1, 0.15) is 42.1 Å². The number of likely N-dealkylation sites (tertiary alicyclic amines) is 1. The number of fused-ring (bicyclic) bond motifs is 1. The Morgan fingerprint density at radius 1 is 0.982 bits per heavy atom. The van der Waals surface area contributed by atoms with Gasteiger partial charge in [-0.25, -0.2) is 4.79 Å². The highest BCUT2D eigenvalue weighted by Gasteiger charge is 2.29. The Morgan fingerprint density at radius 2 is 1.73 bits per heavy atom. The molecule has 6 rings (SSSR count). The number of rotatable bonds is 12. The number of anilines is 3. The molecule has 12 nitrogen and oxygen atoms in total. The minimum atomic E-state index is -1.00. The maximum Gasteiger partial charge on any atom is 0.411 e. The van der Waals surface area contributed by atoms with Crippen LogP contribution >= 0.6 is 15.9 Å². The number of methoxy groups -OCH3 is 1. The number of aromatic amines is 1. The summed E-state index contributed by atoms with van der Waals surface area (Å²) in [6.45, 7) is 3.83. The number of carbonyl (C=O) groups excluding carboxylic acids is 2. The van der Waals surface area contributed by atoms with Gasteiger partial charge in [0.1, 0.15) is 17.6 Å². The van der Waals surface area contributed by atoms with Gasteiger partial charge in [0.15, 0.2) is 0 Å². The molecule has 0 spiro atoms. The number of carbonyl (C=O) groups is 2. The Labute approximate surface area is 328 Å². The lowest BCUT2D eigenvalue weighted by Crippen LogP contribution is -2.48. The number of phenolic OH excluding ortho intramolecular Hbond substituents is 1. The van der Waals surface area contributed by atoms with Gasteiger partial charge in [-0.3, -0.25) is 14.9 Å². The number of aliphatic hydroxyl groups is 1. The Hall–Kier alpha value is -5.37. The zero-order valence-electron chi connectivity index (χ0n) is 31.4. The molecule has 1 atom stereocenters. The van der Waals surface area contributed by atoms with Crippen LogP contribution in [0.3, 0.4) is 0 Å². The topological polar surface area (TPSA) is 162 Å². The Balaban J connectivity index is 1.12. The van der Waals surface area contributed by atoms with E-state index in [0.29, 0.717) is 44.7 Å². The maximum absolute atomic E-state index is 13.3. The number of H-pyrrole nitrogens is 1. The molecule has 1 aliphatic rings. The van der Waals surface area contributed by atoms with Crippen molar-refractivity contribution >= 4 is 55.9 Å². The summed E-state index contributed by atoms with van der Waals surface area (Å²) in [4.78, 5) is 40.9. The molecule has 2 amide bonds. The highest BCUT2D eigenvalue weighted by Crippen LogP contribution is 2.41. The van der Waals surface area contributed by atoms with Gasteiger partial charge in [-0.2, -0.15) is 0 Å². The van der Waals surface area contributed by atoms with Gasteiger partial charge in [0, 0.05) is 59.0 Å². The maximum atomic E-state index is 13.3. The van der Waals surface area contributed by atoms with Gasteiger partial charge in [-0.05, 0) is 69.7 Å². The van der Waals surface area contributed by atoms with Crippen molar-refractivity contribution in [1.29, 1.82) is 0 Å². The van der Waals surface area contributed by atoms with Crippen LogP contribution in [0.2, 0.25) is 0 Å². The first-order chi connectivity index (χ1) is 26.3. The van der Waals surface area contributed by atoms with E-state index in [1.54, 1.807) is 18.2 Å². The Bertz CT molecular complexity index is 2250. The number of hydrogen-bond acceptors (Lipinski definition) is 8. The average Bonchev–Trinajstić information content (AvgIpc) is 3.17. The molecule has 1 fully saturated rings. The zero-order chi connectivity index (χ0) is 39.3. The van der Waals surface area contributed by atoms with Crippen LogP contribution in [0.25, 0.3) is 22.0 Å². The largest absolute Gasteiger partial charge is 0.506 e. The van der Waals surface area contributed by atoms with Crippen molar-refractivity contribution < 1.29 is 33.8 Å². The molecule has 6 N–H and O–H groups in total. The second kappa shape index (κ2) is 17.0. The van der Waals surface area contributed by atoms with E-state index in [0.717, 1.165) is 52.7 Å². The normalized spacial score (nSPS) is 14.6. The van der Waals surface area contributed by atoms with Crippen molar-refractivity contribution in [1.82, 2.24) is 4.98 Å². The summed E-state index contributed by atoms with van der Waals surface area (Å²) in [5.74, 6) is 0.146. The minimum Gasteiger partial charge on any atom is -0.506 e. The number of ether oxygens (including phenoxy) is 2. The van der Waals surface area contributed by atoms with Crippen molar-refractivity contribution in [2.75, 3.05) is 56.8 Å². The van der Waals surface area contributed by atoms with Gasteiger partial charge in [0.05, 0.1) is 57.3 Å².